The lowest BCUT2D eigenvalue weighted by atomic mass is 10.1. The number of amides is 1. The molecule has 0 bridgehead atoms. The molecule has 2 heterocycles. The monoisotopic (exact) mass is 288 g/mol. The fourth-order valence-electron chi connectivity index (χ4n) is 1.93. The standard InChI is InChI=1S/C12H20N4O2.ClH/c1-7(2)10(17)6-14-12(18)11-8-5-13-4-3-9(8)15-16-11;/h7,10,13,17H,3-6H2,1-2H3,(H,14,18)(H,15,16);1H. The van der Waals surface area contributed by atoms with Crippen LogP contribution in [0, 0.1) is 5.92 Å². The van der Waals surface area contributed by atoms with Gasteiger partial charge in [0.05, 0.1) is 6.10 Å². The normalized spacial score (nSPS) is 15.6. The number of carbonyl (C=O) groups excluding carboxylic acids is 1. The summed E-state index contributed by atoms with van der Waals surface area (Å²) in [6.07, 6.45) is 0.339. The van der Waals surface area contributed by atoms with Crippen LogP contribution in [0.5, 0.6) is 0 Å². The number of nitrogens with zero attached hydrogens (tertiary/aromatic N) is 1. The van der Waals surface area contributed by atoms with E-state index in [0.717, 1.165) is 24.2 Å². The van der Waals surface area contributed by atoms with E-state index in [1.165, 1.54) is 0 Å². The van der Waals surface area contributed by atoms with Crippen molar-refractivity contribution in [1.82, 2.24) is 20.8 Å². The highest BCUT2D eigenvalue weighted by Gasteiger charge is 2.22. The molecular formula is C12H21ClN4O2. The molecule has 7 heteroatoms. The zero-order valence-corrected chi connectivity index (χ0v) is 12.0. The predicted molar refractivity (Wildman–Crippen MR) is 74.4 cm³/mol. The minimum atomic E-state index is -0.526. The molecule has 0 saturated carbocycles. The zero-order chi connectivity index (χ0) is 13.1. The Bertz CT molecular complexity index is 433. The molecule has 0 aliphatic carbocycles. The number of nitrogens with one attached hydrogen (secondary N) is 3. The SMILES string of the molecule is CC(C)C(O)CNC(=O)c1n[nH]c2c1CNCC2.Cl. The molecule has 0 aromatic carbocycles. The first kappa shape index (κ1) is 15.9. The summed E-state index contributed by atoms with van der Waals surface area (Å²) in [5.74, 6) is -0.101. The fourth-order valence-corrected chi connectivity index (χ4v) is 1.93. The van der Waals surface area contributed by atoms with Crippen molar-refractivity contribution in [1.29, 1.82) is 0 Å². The van der Waals surface area contributed by atoms with Crippen molar-refractivity contribution >= 4 is 18.3 Å². The van der Waals surface area contributed by atoms with Gasteiger partial charge in [-0.3, -0.25) is 9.89 Å². The van der Waals surface area contributed by atoms with Gasteiger partial charge < -0.3 is 15.7 Å². The van der Waals surface area contributed by atoms with E-state index in [9.17, 15) is 9.90 Å². The van der Waals surface area contributed by atoms with E-state index in [1.807, 2.05) is 13.8 Å². The largest absolute Gasteiger partial charge is 0.391 e. The van der Waals surface area contributed by atoms with Crippen LogP contribution < -0.4 is 10.6 Å². The van der Waals surface area contributed by atoms with E-state index < -0.39 is 6.10 Å². The summed E-state index contributed by atoms with van der Waals surface area (Å²) >= 11 is 0. The van der Waals surface area contributed by atoms with Crippen LogP contribution >= 0.6 is 12.4 Å². The number of carbonyl (C=O) groups is 1. The lowest BCUT2D eigenvalue weighted by molar-refractivity contribution is 0.0866. The Labute approximate surface area is 118 Å². The van der Waals surface area contributed by atoms with Gasteiger partial charge in [-0.25, -0.2) is 0 Å². The number of halogens is 1. The highest BCUT2D eigenvalue weighted by Crippen LogP contribution is 2.15. The number of hydrogen-bond donors (Lipinski definition) is 4. The van der Waals surface area contributed by atoms with Crippen molar-refractivity contribution in [2.75, 3.05) is 13.1 Å². The van der Waals surface area contributed by atoms with Crippen molar-refractivity contribution < 1.29 is 9.90 Å². The quantitative estimate of drug-likeness (QED) is 0.638. The molecule has 0 spiro atoms. The molecule has 1 amide bonds. The third kappa shape index (κ3) is 3.68. The third-order valence-corrected chi connectivity index (χ3v) is 3.26. The third-order valence-electron chi connectivity index (χ3n) is 3.26. The summed E-state index contributed by atoms with van der Waals surface area (Å²) in [6, 6.07) is 0. The van der Waals surface area contributed by atoms with Crippen molar-refractivity contribution in [2.45, 2.75) is 32.9 Å². The molecule has 0 saturated heterocycles. The molecule has 1 aromatic heterocycles. The second-order valence-corrected chi connectivity index (χ2v) is 4.98. The van der Waals surface area contributed by atoms with Gasteiger partial charge in [0.15, 0.2) is 5.69 Å². The molecule has 1 atom stereocenters. The maximum Gasteiger partial charge on any atom is 0.272 e. The van der Waals surface area contributed by atoms with E-state index in [1.54, 1.807) is 0 Å². The Hall–Kier alpha value is -1.11. The summed E-state index contributed by atoms with van der Waals surface area (Å²) in [5.41, 5.74) is 2.41. The number of aromatic nitrogens is 2. The van der Waals surface area contributed by atoms with Gasteiger partial charge in [0, 0.05) is 37.3 Å². The molecule has 1 aliphatic heterocycles. The minimum Gasteiger partial charge on any atom is -0.391 e. The second-order valence-electron chi connectivity index (χ2n) is 4.98. The molecule has 1 aliphatic rings. The van der Waals surface area contributed by atoms with E-state index in [-0.39, 0.29) is 30.8 Å². The van der Waals surface area contributed by atoms with Crippen LogP contribution in [0.3, 0.4) is 0 Å². The maximum atomic E-state index is 12.0. The topological polar surface area (TPSA) is 90.0 Å². The van der Waals surface area contributed by atoms with Gasteiger partial charge in [-0.15, -0.1) is 12.4 Å². The average molecular weight is 289 g/mol. The molecule has 19 heavy (non-hydrogen) atoms. The van der Waals surface area contributed by atoms with Gasteiger partial charge in [-0.2, -0.15) is 5.10 Å². The Morgan fingerprint density at radius 3 is 2.95 bits per heavy atom. The van der Waals surface area contributed by atoms with E-state index in [4.69, 9.17) is 0 Å². The van der Waals surface area contributed by atoms with Crippen LogP contribution in [0.1, 0.15) is 35.6 Å². The van der Waals surface area contributed by atoms with Crippen molar-refractivity contribution in [2.24, 2.45) is 5.92 Å². The molecule has 6 nitrogen and oxygen atoms in total. The van der Waals surface area contributed by atoms with Crippen LogP contribution in [0.15, 0.2) is 0 Å². The Balaban J connectivity index is 0.00000180. The van der Waals surface area contributed by atoms with Crippen LogP contribution in [0.25, 0.3) is 0 Å². The molecule has 0 fully saturated rings. The number of fused-ring (bicyclic) bond motifs is 1. The second kappa shape index (κ2) is 6.88. The number of aliphatic hydroxyl groups is 1. The highest BCUT2D eigenvalue weighted by atomic mass is 35.5. The number of hydrogen-bond acceptors (Lipinski definition) is 4. The fraction of sp³-hybridized carbons (Fsp3) is 0.667. The summed E-state index contributed by atoms with van der Waals surface area (Å²) in [5, 5.41) is 22.6. The van der Waals surface area contributed by atoms with E-state index >= 15 is 0 Å². The molecule has 108 valence electrons. The maximum absolute atomic E-state index is 12.0. The van der Waals surface area contributed by atoms with E-state index in [0.29, 0.717) is 12.2 Å². The van der Waals surface area contributed by atoms with Crippen LogP contribution in [-0.4, -0.2) is 40.4 Å². The number of rotatable bonds is 4. The first-order valence-corrected chi connectivity index (χ1v) is 6.32. The van der Waals surface area contributed by atoms with Gasteiger partial charge in [0.25, 0.3) is 5.91 Å². The van der Waals surface area contributed by atoms with Gasteiger partial charge in [0.1, 0.15) is 0 Å². The Kier molecular flexibility index (Phi) is 5.78. The Morgan fingerprint density at radius 2 is 2.26 bits per heavy atom. The summed E-state index contributed by atoms with van der Waals surface area (Å²) < 4.78 is 0. The molecule has 4 N–H and O–H groups in total. The highest BCUT2D eigenvalue weighted by molar-refractivity contribution is 5.94. The predicted octanol–water partition coefficient (Wildman–Crippen LogP) is 0.224. The van der Waals surface area contributed by atoms with Gasteiger partial charge in [-0.1, -0.05) is 13.8 Å². The van der Waals surface area contributed by atoms with Gasteiger partial charge in [0.2, 0.25) is 0 Å². The summed E-state index contributed by atoms with van der Waals surface area (Å²) in [4.78, 5) is 12.0. The van der Waals surface area contributed by atoms with Gasteiger partial charge >= 0.3 is 0 Å². The smallest absolute Gasteiger partial charge is 0.272 e. The van der Waals surface area contributed by atoms with Gasteiger partial charge in [-0.05, 0) is 5.92 Å². The van der Waals surface area contributed by atoms with Crippen molar-refractivity contribution in [3.8, 4) is 0 Å². The summed E-state index contributed by atoms with van der Waals surface area (Å²) in [6.45, 7) is 5.66. The lowest BCUT2D eigenvalue weighted by Crippen LogP contribution is -2.35. The number of aliphatic hydroxyl groups excluding tert-OH is 1. The number of H-pyrrole nitrogens is 1. The summed E-state index contributed by atoms with van der Waals surface area (Å²) in [7, 11) is 0. The first-order valence-electron chi connectivity index (χ1n) is 6.32. The lowest BCUT2D eigenvalue weighted by Gasteiger charge is -2.16. The van der Waals surface area contributed by atoms with Crippen LogP contribution in [0.4, 0.5) is 0 Å². The number of aromatic amines is 1. The molecule has 0 radical (unpaired) electrons. The first-order chi connectivity index (χ1) is 8.59. The molecule has 1 unspecified atom stereocenters. The zero-order valence-electron chi connectivity index (χ0n) is 11.2. The van der Waals surface area contributed by atoms with Crippen LogP contribution in [0.2, 0.25) is 0 Å². The molecule has 1 aromatic rings. The van der Waals surface area contributed by atoms with Crippen molar-refractivity contribution in [3.05, 3.63) is 17.0 Å². The van der Waals surface area contributed by atoms with E-state index in [2.05, 4.69) is 20.8 Å². The van der Waals surface area contributed by atoms with Crippen LogP contribution in [-0.2, 0) is 13.0 Å². The molecular weight excluding hydrogens is 268 g/mol. The van der Waals surface area contributed by atoms with Crippen molar-refractivity contribution in [3.63, 3.8) is 0 Å². The average Bonchev–Trinajstić information content (AvgIpc) is 2.79. The molecule has 2 rings (SSSR count). The minimum absolute atomic E-state index is 0. The Morgan fingerprint density at radius 1 is 1.53 bits per heavy atom.